The zero-order chi connectivity index (χ0) is 8.27. The third kappa shape index (κ3) is 1.59. The zero-order valence-electron chi connectivity index (χ0n) is 5.86. The fraction of sp³-hybridized carbons (Fsp3) is 0.286. The first-order chi connectivity index (χ1) is 5.25. The standard InChI is InChI=1S/C7H9NO3/c8-7(10)6(3-9)5-1-2-11-4-5/h1-2,4,6,9H,3H2,(H2,8,10). The van der Waals surface area contributed by atoms with Gasteiger partial charge in [-0.2, -0.15) is 0 Å². The second kappa shape index (κ2) is 3.21. The van der Waals surface area contributed by atoms with Gasteiger partial charge < -0.3 is 15.3 Å². The van der Waals surface area contributed by atoms with Crippen molar-refractivity contribution in [1.29, 1.82) is 0 Å². The molecule has 60 valence electrons. The van der Waals surface area contributed by atoms with Crippen LogP contribution in [0.3, 0.4) is 0 Å². The summed E-state index contributed by atoms with van der Waals surface area (Å²) in [5.74, 6) is -1.19. The first kappa shape index (κ1) is 7.81. The summed E-state index contributed by atoms with van der Waals surface area (Å²) in [6.07, 6.45) is 2.83. The van der Waals surface area contributed by atoms with Crippen LogP contribution in [0.2, 0.25) is 0 Å². The molecule has 1 unspecified atom stereocenters. The van der Waals surface area contributed by atoms with Crippen molar-refractivity contribution in [3.8, 4) is 0 Å². The molecule has 0 saturated carbocycles. The number of amides is 1. The first-order valence-corrected chi connectivity index (χ1v) is 3.18. The highest BCUT2D eigenvalue weighted by Gasteiger charge is 2.16. The van der Waals surface area contributed by atoms with Crippen molar-refractivity contribution < 1.29 is 14.3 Å². The van der Waals surface area contributed by atoms with Crippen molar-refractivity contribution in [3.05, 3.63) is 24.2 Å². The number of aliphatic hydroxyl groups is 1. The minimum Gasteiger partial charge on any atom is -0.472 e. The molecule has 0 aromatic carbocycles. The van der Waals surface area contributed by atoms with E-state index < -0.39 is 11.8 Å². The maximum atomic E-state index is 10.6. The number of hydrogen-bond acceptors (Lipinski definition) is 3. The lowest BCUT2D eigenvalue weighted by Gasteiger charge is -2.05. The Morgan fingerprint density at radius 2 is 2.55 bits per heavy atom. The Hall–Kier alpha value is -1.29. The van der Waals surface area contributed by atoms with E-state index in [1.54, 1.807) is 6.07 Å². The normalized spacial score (nSPS) is 12.8. The van der Waals surface area contributed by atoms with E-state index >= 15 is 0 Å². The molecule has 0 bridgehead atoms. The van der Waals surface area contributed by atoms with Gasteiger partial charge in [-0.1, -0.05) is 0 Å². The van der Waals surface area contributed by atoms with E-state index in [1.165, 1.54) is 12.5 Å². The Morgan fingerprint density at radius 3 is 2.91 bits per heavy atom. The molecule has 0 aliphatic rings. The largest absolute Gasteiger partial charge is 0.472 e. The molecule has 4 nitrogen and oxygen atoms in total. The quantitative estimate of drug-likeness (QED) is 0.636. The predicted octanol–water partition coefficient (Wildman–Crippen LogP) is -0.159. The van der Waals surface area contributed by atoms with Crippen molar-refractivity contribution >= 4 is 5.91 Å². The van der Waals surface area contributed by atoms with E-state index in [0.29, 0.717) is 5.56 Å². The molecule has 4 heteroatoms. The van der Waals surface area contributed by atoms with Gasteiger partial charge in [0.2, 0.25) is 5.91 Å². The Balaban J connectivity index is 2.79. The van der Waals surface area contributed by atoms with Crippen molar-refractivity contribution in [1.82, 2.24) is 0 Å². The Kier molecular flexibility index (Phi) is 2.28. The van der Waals surface area contributed by atoms with E-state index in [0.717, 1.165) is 0 Å². The van der Waals surface area contributed by atoms with Gasteiger partial charge >= 0.3 is 0 Å². The average Bonchev–Trinajstić information content (AvgIpc) is 2.40. The number of carbonyl (C=O) groups is 1. The minimum atomic E-state index is -0.645. The second-order valence-corrected chi connectivity index (χ2v) is 2.19. The lowest BCUT2D eigenvalue weighted by molar-refractivity contribution is -0.120. The molecule has 0 aliphatic carbocycles. The number of nitrogens with two attached hydrogens (primary N) is 1. The molecule has 1 rings (SSSR count). The highest BCUT2D eigenvalue weighted by atomic mass is 16.3. The van der Waals surface area contributed by atoms with Gasteiger partial charge in [-0.3, -0.25) is 4.79 Å². The summed E-state index contributed by atoms with van der Waals surface area (Å²) in [5.41, 5.74) is 5.61. The molecule has 11 heavy (non-hydrogen) atoms. The fourth-order valence-corrected chi connectivity index (χ4v) is 0.833. The van der Waals surface area contributed by atoms with E-state index in [4.69, 9.17) is 15.3 Å². The summed E-state index contributed by atoms with van der Waals surface area (Å²) in [4.78, 5) is 10.6. The maximum absolute atomic E-state index is 10.6. The van der Waals surface area contributed by atoms with Crippen LogP contribution >= 0.6 is 0 Å². The molecule has 1 aromatic rings. The summed E-state index contributed by atoms with van der Waals surface area (Å²) in [7, 11) is 0. The summed E-state index contributed by atoms with van der Waals surface area (Å²) < 4.78 is 4.73. The second-order valence-electron chi connectivity index (χ2n) is 2.19. The van der Waals surface area contributed by atoms with Crippen LogP contribution in [0, 0.1) is 0 Å². The number of primary amides is 1. The summed E-state index contributed by atoms with van der Waals surface area (Å²) in [6, 6.07) is 1.60. The molecular formula is C7H9NO3. The van der Waals surface area contributed by atoms with E-state index in [1.807, 2.05) is 0 Å². The van der Waals surface area contributed by atoms with Crippen LogP contribution < -0.4 is 5.73 Å². The van der Waals surface area contributed by atoms with Crippen LogP contribution in [-0.4, -0.2) is 17.6 Å². The number of rotatable bonds is 3. The molecule has 1 amide bonds. The van der Waals surface area contributed by atoms with Crippen LogP contribution in [-0.2, 0) is 4.79 Å². The highest BCUT2D eigenvalue weighted by Crippen LogP contribution is 2.14. The molecule has 1 aromatic heterocycles. The van der Waals surface area contributed by atoms with Crippen LogP contribution in [0.5, 0.6) is 0 Å². The molecule has 0 spiro atoms. The topological polar surface area (TPSA) is 76.5 Å². The molecular weight excluding hydrogens is 146 g/mol. The molecule has 0 aliphatic heterocycles. The Bertz CT molecular complexity index is 230. The smallest absolute Gasteiger partial charge is 0.227 e. The van der Waals surface area contributed by atoms with Gasteiger partial charge in [-0.25, -0.2) is 0 Å². The van der Waals surface area contributed by atoms with Crippen LogP contribution in [0.15, 0.2) is 23.0 Å². The molecule has 0 fully saturated rings. The maximum Gasteiger partial charge on any atom is 0.227 e. The van der Waals surface area contributed by atoms with Gasteiger partial charge in [-0.05, 0) is 6.07 Å². The van der Waals surface area contributed by atoms with E-state index in [-0.39, 0.29) is 6.61 Å². The molecule has 1 atom stereocenters. The van der Waals surface area contributed by atoms with Gasteiger partial charge in [0, 0.05) is 5.56 Å². The molecule has 0 radical (unpaired) electrons. The van der Waals surface area contributed by atoms with Crippen molar-refractivity contribution in [2.75, 3.05) is 6.61 Å². The van der Waals surface area contributed by atoms with Gasteiger partial charge in [0.1, 0.15) is 0 Å². The average molecular weight is 155 g/mol. The third-order valence-corrected chi connectivity index (χ3v) is 1.47. The van der Waals surface area contributed by atoms with Gasteiger partial charge in [0.15, 0.2) is 0 Å². The zero-order valence-corrected chi connectivity index (χ0v) is 5.86. The molecule has 1 heterocycles. The number of hydrogen-bond donors (Lipinski definition) is 2. The first-order valence-electron chi connectivity index (χ1n) is 3.18. The number of aliphatic hydroxyl groups excluding tert-OH is 1. The van der Waals surface area contributed by atoms with Gasteiger partial charge in [-0.15, -0.1) is 0 Å². The van der Waals surface area contributed by atoms with Crippen LogP contribution in [0.4, 0.5) is 0 Å². The van der Waals surface area contributed by atoms with E-state index in [9.17, 15) is 4.79 Å². The Labute approximate surface area is 63.6 Å². The lowest BCUT2D eigenvalue weighted by Crippen LogP contribution is -2.23. The fourth-order valence-electron chi connectivity index (χ4n) is 0.833. The van der Waals surface area contributed by atoms with E-state index in [2.05, 4.69) is 0 Å². The van der Waals surface area contributed by atoms with Crippen molar-refractivity contribution in [2.24, 2.45) is 5.73 Å². The SMILES string of the molecule is NC(=O)C(CO)c1ccoc1. The van der Waals surface area contributed by atoms with Gasteiger partial charge in [0.05, 0.1) is 25.1 Å². The summed E-state index contributed by atoms with van der Waals surface area (Å²) >= 11 is 0. The Morgan fingerprint density at radius 1 is 1.82 bits per heavy atom. The predicted molar refractivity (Wildman–Crippen MR) is 37.7 cm³/mol. The minimum absolute atomic E-state index is 0.283. The summed E-state index contributed by atoms with van der Waals surface area (Å²) in [6.45, 7) is -0.283. The summed E-state index contributed by atoms with van der Waals surface area (Å²) in [5, 5.41) is 8.73. The highest BCUT2D eigenvalue weighted by molar-refractivity contribution is 5.81. The molecule has 3 N–H and O–H groups in total. The van der Waals surface area contributed by atoms with Gasteiger partial charge in [0.25, 0.3) is 0 Å². The number of furan rings is 1. The lowest BCUT2D eigenvalue weighted by atomic mass is 10.0. The molecule has 0 saturated heterocycles. The van der Waals surface area contributed by atoms with Crippen LogP contribution in [0.1, 0.15) is 11.5 Å². The number of carbonyl (C=O) groups excluding carboxylic acids is 1. The van der Waals surface area contributed by atoms with Crippen molar-refractivity contribution in [2.45, 2.75) is 5.92 Å². The third-order valence-electron chi connectivity index (χ3n) is 1.47. The van der Waals surface area contributed by atoms with Crippen molar-refractivity contribution in [3.63, 3.8) is 0 Å². The van der Waals surface area contributed by atoms with Crippen LogP contribution in [0.25, 0.3) is 0 Å². The monoisotopic (exact) mass is 155 g/mol.